The predicted molar refractivity (Wildman–Crippen MR) is 137 cm³/mol. The molecule has 3 aromatic heterocycles. The molecule has 0 spiro atoms. The number of nitrogens with one attached hydrogen (secondary N) is 3. The summed E-state index contributed by atoms with van der Waals surface area (Å²) in [6.07, 6.45) is 7.52. The minimum Gasteiger partial charge on any atom is -0.380 e. The number of hydrogen-bond acceptors (Lipinski definition) is 7. The van der Waals surface area contributed by atoms with E-state index in [4.69, 9.17) is 10.2 Å². The molecule has 0 amide bonds. The van der Waals surface area contributed by atoms with E-state index in [0.29, 0.717) is 5.69 Å². The van der Waals surface area contributed by atoms with Crippen molar-refractivity contribution in [3.05, 3.63) is 90.1 Å². The average Bonchev–Trinajstić information content (AvgIpc) is 3.35. The van der Waals surface area contributed by atoms with Crippen LogP contribution in [0.4, 0.5) is 11.5 Å². The van der Waals surface area contributed by atoms with E-state index in [1.54, 1.807) is 16.9 Å². The number of aromatic nitrogens is 4. The minimum absolute atomic E-state index is 0.0745. The van der Waals surface area contributed by atoms with Crippen molar-refractivity contribution in [2.24, 2.45) is 7.05 Å². The van der Waals surface area contributed by atoms with Gasteiger partial charge in [-0.15, -0.1) is 0 Å². The third-order valence-electron chi connectivity index (χ3n) is 6.44. The lowest BCUT2D eigenvalue weighted by Gasteiger charge is -2.35. The van der Waals surface area contributed by atoms with Crippen LogP contribution in [-0.4, -0.2) is 38.9 Å². The van der Waals surface area contributed by atoms with Gasteiger partial charge in [-0.1, -0.05) is 43.3 Å². The second-order valence-corrected chi connectivity index (χ2v) is 8.94. The largest absolute Gasteiger partial charge is 0.380 e. The van der Waals surface area contributed by atoms with Gasteiger partial charge < -0.3 is 16.0 Å². The standard InChI is InChI=1S/C27H28N8/c1-18(20-8-9-23(11-28)29-13-20)12-31-26(19-6-4-3-5-7-19)25-16-30-24-10-21(14-32-27(24)34-25)22-15-33-35(2)17-22/h3-10,13-15,17-18,25-26,30-31H,12,16H2,1-2H3,(H,32,34)/t18-,25-,26-/m1/s1. The fourth-order valence-corrected chi connectivity index (χ4v) is 4.43. The van der Waals surface area contributed by atoms with Gasteiger partial charge in [-0.25, -0.2) is 9.97 Å². The van der Waals surface area contributed by atoms with E-state index in [9.17, 15) is 0 Å². The van der Waals surface area contributed by atoms with E-state index < -0.39 is 0 Å². The number of nitrogens with zero attached hydrogens (tertiary/aromatic N) is 5. The molecule has 3 atom stereocenters. The monoisotopic (exact) mass is 464 g/mol. The zero-order chi connectivity index (χ0) is 24.2. The Bertz CT molecular complexity index is 1320. The summed E-state index contributed by atoms with van der Waals surface area (Å²) < 4.78 is 1.79. The second kappa shape index (κ2) is 9.95. The highest BCUT2D eigenvalue weighted by Gasteiger charge is 2.28. The molecule has 0 radical (unpaired) electrons. The Kier molecular flexibility index (Phi) is 6.42. The van der Waals surface area contributed by atoms with Crippen molar-refractivity contribution in [1.29, 1.82) is 5.26 Å². The van der Waals surface area contributed by atoms with Crippen LogP contribution in [0.25, 0.3) is 11.1 Å². The van der Waals surface area contributed by atoms with Crippen molar-refractivity contribution in [2.75, 3.05) is 23.7 Å². The predicted octanol–water partition coefficient (Wildman–Crippen LogP) is 4.09. The molecule has 3 N–H and O–H groups in total. The van der Waals surface area contributed by atoms with E-state index in [2.05, 4.69) is 69.4 Å². The number of rotatable bonds is 7. The van der Waals surface area contributed by atoms with Gasteiger partial charge in [0, 0.05) is 49.9 Å². The molecular weight excluding hydrogens is 436 g/mol. The maximum atomic E-state index is 9.01. The molecule has 0 saturated heterocycles. The van der Waals surface area contributed by atoms with Crippen LogP contribution >= 0.6 is 0 Å². The third-order valence-corrected chi connectivity index (χ3v) is 6.44. The van der Waals surface area contributed by atoms with Crippen molar-refractivity contribution >= 4 is 11.5 Å². The molecular formula is C27H28N8. The molecule has 0 aliphatic carbocycles. The smallest absolute Gasteiger partial charge is 0.149 e. The zero-order valence-corrected chi connectivity index (χ0v) is 19.8. The molecule has 5 rings (SSSR count). The van der Waals surface area contributed by atoms with Crippen LogP contribution in [0, 0.1) is 11.3 Å². The summed E-state index contributed by atoms with van der Waals surface area (Å²) in [5, 5.41) is 24.3. The molecule has 1 aliphatic heterocycles. The maximum absolute atomic E-state index is 9.01. The van der Waals surface area contributed by atoms with E-state index in [-0.39, 0.29) is 18.0 Å². The number of fused-ring (bicyclic) bond motifs is 1. The quantitative estimate of drug-likeness (QED) is 0.378. The van der Waals surface area contributed by atoms with Crippen molar-refractivity contribution in [2.45, 2.75) is 24.9 Å². The lowest BCUT2D eigenvalue weighted by Crippen LogP contribution is -2.45. The second-order valence-electron chi connectivity index (χ2n) is 8.94. The summed E-state index contributed by atoms with van der Waals surface area (Å²) in [5.74, 6) is 1.09. The number of benzene rings is 1. The number of pyridine rings is 2. The Morgan fingerprint density at radius 2 is 1.94 bits per heavy atom. The van der Waals surface area contributed by atoms with Crippen molar-refractivity contribution in [3.63, 3.8) is 0 Å². The van der Waals surface area contributed by atoms with Crippen LogP contribution < -0.4 is 16.0 Å². The van der Waals surface area contributed by atoms with Gasteiger partial charge in [-0.05, 0) is 29.2 Å². The fourth-order valence-electron chi connectivity index (χ4n) is 4.43. The molecule has 0 fully saturated rings. The first-order valence-corrected chi connectivity index (χ1v) is 11.7. The van der Waals surface area contributed by atoms with E-state index >= 15 is 0 Å². The molecule has 0 unspecified atom stereocenters. The van der Waals surface area contributed by atoms with Gasteiger partial charge >= 0.3 is 0 Å². The van der Waals surface area contributed by atoms with Crippen LogP contribution in [0.2, 0.25) is 0 Å². The average molecular weight is 465 g/mol. The minimum atomic E-state index is 0.0745. The highest BCUT2D eigenvalue weighted by atomic mass is 15.2. The van der Waals surface area contributed by atoms with Gasteiger partial charge in [-0.3, -0.25) is 4.68 Å². The van der Waals surface area contributed by atoms with Crippen molar-refractivity contribution < 1.29 is 0 Å². The van der Waals surface area contributed by atoms with Crippen LogP contribution in [0.5, 0.6) is 0 Å². The van der Waals surface area contributed by atoms with Gasteiger partial charge in [-0.2, -0.15) is 10.4 Å². The Hall–Kier alpha value is -4.22. The first-order valence-electron chi connectivity index (χ1n) is 11.7. The molecule has 1 aromatic carbocycles. The number of nitriles is 1. The number of aryl methyl sites for hydroxylation is 1. The lowest BCUT2D eigenvalue weighted by molar-refractivity contribution is 0.453. The third kappa shape index (κ3) is 5.00. The van der Waals surface area contributed by atoms with Gasteiger partial charge in [0.15, 0.2) is 0 Å². The highest BCUT2D eigenvalue weighted by molar-refractivity contribution is 5.75. The van der Waals surface area contributed by atoms with Crippen LogP contribution in [0.15, 0.2) is 73.3 Å². The van der Waals surface area contributed by atoms with Gasteiger partial charge in [0.1, 0.15) is 17.6 Å². The van der Waals surface area contributed by atoms with Gasteiger partial charge in [0.05, 0.1) is 24.0 Å². The fraction of sp³-hybridized carbons (Fsp3) is 0.259. The van der Waals surface area contributed by atoms with Crippen molar-refractivity contribution in [3.8, 4) is 17.2 Å². The molecule has 4 heterocycles. The Labute approximate surface area is 205 Å². The van der Waals surface area contributed by atoms with Crippen molar-refractivity contribution in [1.82, 2.24) is 25.1 Å². The summed E-state index contributed by atoms with van der Waals surface area (Å²) in [6.45, 7) is 3.69. The molecule has 8 nitrogen and oxygen atoms in total. The summed E-state index contributed by atoms with van der Waals surface area (Å²) >= 11 is 0. The van der Waals surface area contributed by atoms with Crippen LogP contribution in [0.1, 0.15) is 35.7 Å². The molecule has 8 heteroatoms. The zero-order valence-electron chi connectivity index (χ0n) is 19.8. The number of anilines is 2. The summed E-state index contributed by atoms with van der Waals surface area (Å²) in [7, 11) is 1.91. The summed E-state index contributed by atoms with van der Waals surface area (Å²) in [5.41, 5.74) is 5.83. The first kappa shape index (κ1) is 22.6. The Morgan fingerprint density at radius 1 is 1.09 bits per heavy atom. The SMILES string of the molecule is C[C@H](CN[C@H](c1ccccc1)[C@H]1CNc2cc(-c3cnn(C)c3)cnc2N1)c1ccc(C#N)nc1. The molecule has 35 heavy (non-hydrogen) atoms. The molecule has 0 saturated carbocycles. The van der Waals surface area contributed by atoms with E-state index in [1.807, 2.05) is 37.8 Å². The maximum Gasteiger partial charge on any atom is 0.149 e. The first-order chi connectivity index (χ1) is 17.1. The molecule has 176 valence electrons. The van der Waals surface area contributed by atoms with Crippen LogP contribution in [-0.2, 0) is 7.05 Å². The topological polar surface area (TPSA) is 103 Å². The highest BCUT2D eigenvalue weighted by Crippen LogP contribution is 2.32. The number of hydrogen-bond donors (Lipinski definition) is 3. The summed E-state index contributed by atoms with van der Waals surface area (Å²) in [6, 6.07) is 18.6. The van der Waals surface area contributed by atoms with Gasteiger partial charge in [0.25, 0.3) is 0 Å². The van der Waals surface area contributed by atoms with Crippen LogP contribution in [0.3, 0.4) is 0 Å². The van der Waals surface area contributed by atoms with E-state index in [0.717, 1.165) is 41.3 Å². The normalized spacial score (nSPS) is 16.3. The molecule has 1 aliphatic rings. The summed E-state index contributed by atoms with van der Waals surface area (Å²) in [4.78, 5) is 8.94. The van der Waals surface area contributed by atoms with Gasteiger partial charge in [0.2, 0.25) is 0 Å². The lowest BCUT2D eigenvalue weighted by atomic mass is 9.95. The Morgan fingerprint density at radius 3 is 2.66 bits per heavy atom. The Balaban J connectivity index is 1.33. The van der Waals surface area contributed by atoms with E-state index in [1.165, 1.54) is 5.56 Å². The molecule has 0 bridgehead atoms. The molecule has 4 aromatic rings.